The highest BCUT2D eigenvalue weighted by atomic mass is 16.5. The van der Waals surface area contributed by atoms with E-state index in [4.69, 9.17) is 9.94 Å². The summed E-state index contributed by atoms with van der Waals surface area (Å²) < 4.78 is 5.81. The summed E-state index contributed by atoms with van der Waals surface area (Å²) in [6.07, 6.45) is 0.619. The standard InChI is InChI=1S/C18H26N2O4/c1-12(15(21)19-23)20-11-10-18(5,16(20)22)13-6-8-14(9-7-13)24-17(2,3)4/h6-9,12,23H,10-11H2,1-5H3,(H,19,21)/t12-,18?/m1/s1. The van der Waals surface area contributed by atoms with Crippen LogP contribution in [0.2, 0.25) is 0 Å². The molecule has 1 aliphatic heterocycles. The van der Waals surface area contributed by atoms with Crippen LogP contribution in [-0.4, -0.2) is 40.1 Å². The van der Waals surface area contributed by atoms with Crippen LogP contribution in [0, 0.1) is 0 Å². The van der Waals surface area contributed by atoms with E-state index in [0.29, 0.717) is 13.0 Å². The number of likely N-dealkylation sites (tertiary alicyclic amines) is 1. The van der Waals surface area contributed by atoms with Gasteiger partial charge in [0.2, 0.25) is 5.91 Å². The van der Waals surface area contributed by atoms with Gasteiger partial charge in [0.25, 0.3) is 5.91 Å². The van der Waals surface area contributed by atoms with Gasteiger partial charge in [0, 0.05) is 6.54 Å². The second-order valence-corrected chi connectivity index (χ2v) is 7.47. The number of nitrogens with zero attached hydrogens (tertiary/aromatic N) is 1. The highest BCUT2D eigenvalue weighted by molar-refractivity contribution is 5.94. The molecular formula is C18H26N2O4. The van der Waals surface area contributed by atoms with Gasteiger partial charge in [-0.1, -0.05) is 12.1 Å². The van der Waals surface area contributed by atoms with Crippen molar-refractivity contribution in [3.63, 3.8) is 0 Å². The van der Waals surface area contributed by atoms with Gasteiger partial charge in [0.1, 0.15) is 17.4 Å². The molecule has 2 amide bonds. The molecule has 132 valence electrons. The molecule has 1 aliphatic rings. The zero-order chi connectivity index (χ0) is 18.1. The second kappa shape index (κ2) is 6.43. The molecule has 6 nitrogen and oxygen atoms in total. The zero-order valence-electron chi connectivity index (χ0n) is 14.9. The number of ether oxygens (including phenoxy) is 1. The molecule has 2 rings (SSSR count). The van der Waals surface area contributed by atoms with Crippen LogP contribution in [0.25, 0.3) is 0 Å². The summed E-state index contributed by atoms with van der Waals surface area (Å²) in [6.45, 7) is 9.91. The third kappa shape index (κ3) is 3.53. The van der Waals surface area contributed by atoms with Crippen LogP contribution in [0.3, 0.4) is 0 Å². The first-order valence-electron chi connectivity index (χ1n) is 8.13. The smallest absolute Gasteiger partial charge is 0.265 e. The molecule has 1 unspecified atom stereocenters. The van der Waals surface area contributed by atoms with Gasteiger partial charge in [-0.15, -0.1) is 0 Å². The second-order valence-electron chi connectivity index (χ2n) is 7.47. The summed E-state index contributed by atoms with van der Waals surface area (Å²) in [4.78, 5) is 25.9. The number of carbonyl (C=O) groups excluding carboxylic acids is 2. The topological polar surface area (TPSA) is 78.9 Å². The zero-order valence-corrected chi connectivity index (χ0v) is 14.9. The van der Waals surface area contributed by atoms with Crippen molar-refractivity contribution in [1.82, 2.24) is 10.4 Å². The third-order valence-corrected chi connectivity index (χ3v) is 4.46. The molecule has 0 aliphatic carbocycles. The average molecular weight is 334 g/mol. The Hall–Kier alpha value is -2.08. The van der Waals surface area contributed by atoms with Gasteiger partial charge in [-0.05, 0) is 58.7 Å². The fourth-order valence-corrected chi connectivity index (χ4v) is 2.99. The maximum absolute atomic E-state index is 12.8. The lowest BCUT2D eigenvalue weighted by Gasteiger charge is -2.27. The number of nitrogens with one attached hydrogen (secondary N) is 1. The van der Waals surface area contributed by atoms with Crippen molar-refractivity contribution in [2.45, 2.75) is 58.1 Å². The Morgan fingerprint density at radius 3 is 2.42 bits per heavy atom. The van der Waals surface area contributed by atoms with Gasteiger partial charge in [0.05, 0.1) is 5.41 Å². The van der Waals surface area contributed by atoms with E-state index < -0.39 is 17.4 Å². The molecule has 1 heterocycles. The van der Waals surface area contributed by atoms with E-state index in [1.54, 1.807) is 12.4 Å². The SMILES string of the molecule is C[C@H](C(=O)NO)N1CCC(C)(c2ccc(OC(C)(C)C)cc2)C1=O. The highest BCUT2D eigenvalue weighted by Crippen LogP contribution is 2.37. The highest BCUT2D eigenvalue weighted by Gasteiger charge is 2.46. The number of carbonyl (C=O) groups is 2. The van der Waals surface area contributed by atoms with Crippen molar-refractivity contribution >= 4 is 11.8 Å². The Bertz CT molecular complexity index is 621. The van der Waals surface area contributed by atoms with Gasteiger partial charge in [-0.3, -0.25) is 14.8 Å². The number of rotatable bonds is 4. The van der Waals surface area contributed by atoms with Gasteiger partial charge < -0.3 is 9.64 Å². The predicted molar refractivity (Wildman–Crippen MR) is 89.9 cm³/mol. The Morgan fingerprint density at radius 2 is 1.92 bits per heavy atom. The molecule has 1 fully saturated rings. The van der Waals surface area contributed by atoms with Crippen LogP contribution >= 0.6 is 0 Å². The average Bonchev–Trinajstić information content (AvgIpc) is 2.82. The first-order valence-corrected chi connectivity index (χ1v) is 8.13. The number of hydrogen-bond acceptors (Lipinski definition) is 4. The molecule has 6 heteroatoms. The molecule has 2 atom stereocenters. The number of hydrogen-bond donors (Lipinski definition) is 2. The van der Waals surface area contributed by atoms with Crippen molar-refractivity contribution in [2.24, 2.45) is 0 Å². The molecule has 0 radical (unpaired) electrons. The minimum absolute atomic E-state index is 0.108. The van der Waals surface area contributed by atoms with Crippen molar-refractivity contribution < 1.29 is 19.5 Å². The predicted octanol–water partition coefficient (Wildman–Crippen LogP) is 2.25. The van der Waals surface area contributed by atoms with Crippen LogP contribution in [0.1, 0.15) is 46.6 Å². The van der Waals surface area contributed by atoms with E-state index in [0.717, 1.165) is 11.3 Å². The summed E-state index contributed by atoms with van der Waals surface area (Å²) >= 11 is 0. The molecule has 1 aromatic rings. The molecule has 1 saturated heterocycles. The molecule has 1 aromatic carbocycles. The summed E-state index contributed by atoms with van der Waals surface area (Å²) in [5, 5.41) is 8.77. The largest absolute Gasteiger partial charge is 0.488 e. The van der Waals surface area contributed by atoms with E-state index in [1.165, 1.54) is 4.90 Å². The molecule has 0 bridgehead atoms. The molecule has 0 spiro atoms. The maximum Gasteiger partial charge on any atom is 0.265 e. The molecule has 24 heavy (non-hydrogen) atoms. The van der Waals surface area contributed by atoms with Crippen LogP contribution in [-0.2, 0) is 15.0 Å². The summed E-state index contributed by atoms with van der Waals surface area (Å²) in [5.41, 5.74) is 1.55. The van der Waals surface area contributed by atoms with Crippen LogP contribution < -0.4 is 10.2 Å². The van der Waals surface area contributed by atoms with E-state index in [9.17, 15) is 9.59 Å². The van der Waals surface area contributed by atoms with E-state index >= 15 is 0 Å². The summed E-state index contributed by atoms with van der Waals surface area (Å²) in [5.74, 6) is 0.0646. The van der Waals surface area contributed by atoms with Gasteiger partial charge in [-0.2, -0.15) is 0 Å². The Balaban J connectivity index is 2.19. The van der Waals surface area contributed by atoms with Crippen molar-refractivity contribution in [1.29, 1.82) is 0 Å². The summed E-state index contributed by atoms with van der Waals surface area (Å²) in [6, 6.07) is 6.84. The third-order valence-electron chi connectivity index (χ3n) is 4.46. The first-order chi connectivity index (χ1) is 11.1. The normalized spacial score (nSPS) is 22.4. The lowest BCUT2D eigenvalue weighted by Crippen LogP contribution is -2.47. The van der Waals surface area contributed by atoms with E-state index in [1.807, 2.05) is 52.0 Å². The van der Waals surface area contributed by atoms with Crippen molar-refractivity contribution in [3.8, 4) is 5.75 Å². The van der Waals surface area contributed by atoms with Crippen LogP contribution in [0.4, 0.5) is 0 Å². The lowest BCUT2D eigenvalue weighted by molar-refractivity contribution is -0.143. The van der Waals surface area contributed by atoms with Gasteiger partial charge in [-0.25, -0.2) is 5.48 Å². The molecule has 2 N–H and O–H groups in total. The Kier molecular flexibility index (Phi) is 4.90. The fraction of sp³-hybridized carbons (Fsp3) is 0.556. The molecule has 0 saturated carbocycles. The fourth-order valence-electron chi connectivity index (χ4n) is 2.99. The van der Waals surface area contributed by atoms with Gasteiger partial charge >= 0.3 is 0 Å². The number of benzene rings is 1. The van der Waals surface area contributed by atoms with Gasteiger partial charge in [0.15, 0.2) is 0 Å². The van der Waals surface area contributed by atoms with Crippen molar-refractivity contribution in [2.75, 3.05) is 6.54 Å². The maximum atomic E-state index is 12.8. The lowest BCUT2D eigenvalue weighted by atomic mass is 9.81. The minimum Gasteiger partial charge on any atom is -0.488 e. The monoisotopic (exact) mass is 334 g/mol. The molecule has 0 aromatic heterocycles. The minimum atomic E-state index is -0.701. The molecular weight excluding hydrogens is 308 g/mol. The van der Waals surface area contributed by atoms with Crippen molar-refractivity contribution in [3.05, 3.63) is 29.8 Å². The number of amides is 2. The Labute approximate surface area is 142 Å². The van der Waals surface area contributed by atoms with E-state index in [-0.39, 0.29) is 11.5 Å². The van der Waals surface area contributed by atoms with Crippen LogP contribution in [0.15, 0.2) is 24.3 Å². The van der Waals surface area contributed by atoms with Crippen LogP contribution in [0.5, 0.6) is 5.75 Å². The summed E-state index contributed by atoms with van der Waals surface area (Å²) in [7, 11) is 0. The number of hydroxylamine groups is 1. The quantitative estimate of drug-likeness (QED) is 0.654. The van der Waals surface area contributed by atoms with E-state index in [2.05, 4.69) is 0 Å². The first kappa shape index (κ1) is 18.3. The Morgan fingerprint density at radius 1 is 1.33 bits per heavy atom.